The van der Waals surface area contributed by atoms with E-state index < -0.39 is 5.97 Å². The quantitative estimate of drug-likeness (QED) is 0.759. The summed E-state index contributed by atoms with van der Waals surface area (Å²) in [6.45, 7) is 0. The summed E-state index contributed by atoms with van der Waals surface area (Å²) in [5.74, 6) is -0.820. The Hall–Kier alpha value is -1.14. The number of H-pyrrole nitrogens is 1. The molecule has 0 atom stereocenters. The van der Waals surface area contributed by atoms with Crippen molar-refractivity contribution >= 4 is 35.6 Å². The number of carbonyl (C=O) groups is 1. The van der Waals surface area contributed by atoms with Gasteiger partial charge >= 0.3 is 5.97 Å². The lowest BCUT2D eigenvalue weighted by molar-refractivity contribution is 0.0690. The van der Waals surface area contributed by atoms with E-state index >= 15 is 0 Å². The molecule has 2 N–H and O–H groups in total. The van der Waals surface area contributed by atoms with Crippen LogP contribution in [0.2, 0.25) is 5.02 Å². The third kappa shape index (κ3) is 2.02. The van der Waals surface area contributed by atoms with Crippen LogP contribution in [0.4, 0.5) is 5.82 Å². The summed E-state index contributed by atoms with van der Waals surface area (Å²) >= 11 is 10.6. The molecule has 0 aliphatic rings. The van der Waals surface area contributed by atoms with E-state index in [1.165, 1.54) is 0 Å². The molecule has 0 radical (unpaired) electrons. The van der Waals surface area contributed by atoms with E-state index in [2.05, 4.69) is 9.97 Å². The molecular weight excluding hydrogens is 226 g/mol. The topological polar surface area (TPSA) is 69.2 Å². The first-order valence-corrected chi connectivity index (χ1v) is 4.42. The second kappa shape index (κ2) is 3.93. The summed E-state index contributed by atoms with van der Waals surface area (Å²) in [4.78, 5) is 18.7. The molecule has 1 aromatic rings. The first-order valence-electron chi connectivity index (χ1n) is 3.64. The molecule has 0 aliphatic heterocycles. The van der Waals surface area contributed by atoms with Gasteiger partial charge in [0.2, 0.25) is 0 Å². The van der Waals surface area contributed by atoms with Crippen LogP contribution in [0, 0.1) is 4.77 Å². The molecule has 0 aliphatic carbocycles. The van der Waals surface area contributed by atoms with Gasteiger partial charge in [-0.1, -0.05) is 11.6 Å². The number of hydrogen-bond acceptors (Lipinski definition) is 4. The molecule has 1 aromatic heterocycles. The molecule has 7 heteroatoms. The zero-order valence-electron chi connectivity index (χ0n) is 7.54. The fraction of sp³-hybridized carbons (Fsp3) is 0.286. The predicted molar refractivity (Wildman–Crippen MR) is 55.7 cm³/mol. The monoisotopic (exact) mass is 233 g/mol. The average molecular weight is 234 g/mol. The number of halogens is 1. The van der Waals surface area contributed by atoms with Gasteiger partial charge < -0.3 is 15.0 Å². The van der Waals surface area contributed by atoms with Gasteiger partial charge in [-0.3, -0.25) is 0 Å². The molecular formula is C7H8ClN3O2S. The Morgan fingerprint density at radius 1 is 1.64 bits per heavy atom. The molecule has 0 saturated heterocycles. The van der Waals surface area contributed by atoms with E-state index in [0.717, 1.165) is 0 Å². The maximum Gasteiger partial charge on any atom is 0.354 e. The molecule has 1 heterocycles. The van der Waals surface area contributed by atoms with Crippen molar-refractivity contribution in [3.8, 4) is 0 Å². The summed E-state index contributed by atoms with van der Waals surface area (Å²) in [5, 5.41) is 8.84. The number of nitrogens with zero attached hydrogens (tertiary/aromatic N) is 2. The molecule has 0 bridgehead atoms. The summed E-state index contributed by atoms with van der Waals surface area (Å²) < 4.78 is 0.0931. The summed E-state index contributed by atoms with van der Waals surface area (Å²) in [6.07, 6.45) is 0. The van der Waals surface area contributed by atoms with Crippen molar-refractivity contribution in [3.05, 3.63) is 15.5 Å². The number of carboxylic acid groups (broad SMARTS) is 1. The van der Waals surface area contributed by atoms with Crippen molar-refractivity contribution in [1.82, 2.24) is 9.97 Å². The molecule has 0 saturated carbocycles. The van der Waals surface area contributed by atoms with Crippen LogP contribution in [-0.2, 0) is 0 Å². The highest BCUT2D eigenvalue weighted by molar-refractivity contribution is 7.71. The Labute approximate surface area is 90.3 Å². The van der Waals surface area contributed by atoms with Gasteiger partial charge in [0.1, 0.15) is 10.7 Å². The number of carboxylic acids is 1. The number of aromatic amines is 1. The van der Waals surface area contributed by atoms with E-state index in [1.807, 2.05) is 0 Å². The SMILES string of the molecule is CN(C)c1nc(=S)[nH]c(C(=O)O)c1Cl. The number of anilines is 1. The van der Waals surface area contributed by atoms with Gasteiger partial charge in [-0.25, -0.2) is 9.78 Å². The van der Waals surface area contributed by atoms with Crippen LogP contribution in [0.3, 0.4) is 0 Å². The highest BCUT2D eigenvalue weighted by Gasteiger charge is 2.15. The highest BCUT2D eigenvalue weighted by Crippen LogP contribution is 2.23. The fourth-order valence-electron chi connectivity index (χ4n) is 0.890. The maximum absolute atomic E-state index is 10.7. The lowest BCUT2D eigenvalue weighted by Crippen LogP contribution is -2.14. The maximum atomic E-state index is 10.7. The van der Waals surface area contributed by atoms with E-state index in [0.29, 0.717) is 5.82 Å². The van der Waals surface area contributed by atoms with Gasteiger partial charge in [0.25, 0.3) is 0 Å². The molecule has 0 aromatic carbocycles. The van der Waals surface area contributed by atoms with Gasteiger partial charge in [-0.2, -0.15) is 0 Å². The van der Waals surface area contributed by atoms with Crippen LogP contribution in [0.25, 0.3) is 0 Å². The van der Waals surface area contributed by atoms with Crippen LogP contribution >= 0.6 is 23.8 Å². The van der Waals surface area contributed by atoms with Crippen LogP contribution in [0.5, 0.6) is 0 Å². The Balaban J connectivity index is 3.48. The normalized spacial score (nSPS) is 9.93. The van der Waals surface area contributed by atoms with Crippen LogP contribution in [-0.4, -0.2) is 35.1 Å². The second-order valence-corrected chi connectivity index (χ2v) is 3.52. The van der Waals surface area contributed by atoms with Gasteiger partial charge in [-0.15, -0.1) is 0 Å². The van der Waals surface area contributed by atoms with Crippen LogP contribution in [0.1, 0.15) is 10.5 Å². The van der Waals surface area contributed by atoms with Crippen molar-refractivity contribution in [2.24, 2.45) is 0 Å². The lowest BCUT2D eigenvalue weighted by Gasteiger charge is -2.13. The Kier molecular flexibility index (Phi) is 3.07. The Morgan fingerprint density at radius 2 is 2.21 bits per heavy atom. The molecule has 0 unspecified atom stereocenters. The number of rotatable bonds is 2. The summed E-state index contributed by atoms with van der Waals surface area (Å²) in [6, 6.07) is 0. The predicted octanol–water partition coefficient (Wildman–Crippen LogP) is 1.56. The van der Waals surface area contributed by atoms with Crippen LogP contribution in [0.15, 0.2) is 0 Å². The van der Waals surface area contributed by atoms with Crippen molar-refractivity contribution in [3.63, 3.8) is 0 Å². The van der Waals surface area contributed by atoms with E-state index in [1.54, 1.807) is 19.0 Å². The number of hydrogen-bond donors (Lipinski definition) is 2. The minimum absolute atomic E-state index is 0.0519. The largest absolute Gasteiger partial charge is 0.477 e. The minimum atomic E-state index is -1.16. The summed E-state index contributed by atoms with van der Waals surface area (Å²) in [5.41, 5.74) is -0.143. The second-order valence-electron chi connectivity index (χ2n) is 2.75. The zero-order valence-corrected chi connectivity index (χ0v) is 9.11. The highest BCUT2D eigenvalue weighted by atomic mass is 35.5. The standard InChI is InChI=1S/C7H8ClN3O2S/c1-11(2)5-3(8)4(6(12)13)9-7(14)10-5/h1-2H3,(H,12,13)(H,9,10,14). The van der Waals surface area contributed by atoms with Crippen LogP contribution < -0.4 is 4.90 Å². The lowest BCUT2D eigenvalue weighted by atomic mass is 10.4. The Morgan fingerprint density at radius 3 is 2.64 bits per heavy atom. The first-order chi connectivity index (χ1) is 6.43. The van der Waals surface area contributed by atoms with Gasteiger partial charge in [0.15, 0.2) is 10.6 Å². The summed E-state index contributed by atoms with van der Waals surface area (Å²) in [7, 11) is 3.41. The average Bonchev–Trinajstić information content (AvgIpc) is 2.07. The fourth-order valence-corrected chi connectivity index (χ4v) is 1.42. The number of aromatic carboxylic acids is 1. The van der Waals surface area contributed by atoms with E-state index in [9.17, 15) is 4.79 Å². The van der Waals surface area contributed by atoms with Crippen molar-refractivity contribution in [2.45, 2.75) is 0 Å². The van der Waals surface area contributed by atoms with E-state index in [-0.39, 0.29) is 15.5 Å². The number of aromatic nitrogens is 2. The minimum Gasteiger partial charge on any atom is -0.477 e. The first kappa shape index (κ1) is 10.9. The Bertz CT molecular complexity index is 429. The molecule has 1 rings (SSSR count). The van der Waals surface area contributed by atoms with Gasteiger partial charge in [-0.05, 0) is 12.2 Å². The van der Waals surface area contributed by atoms with E-state index in [4.69, 9.17) is 28.9 Å². The molecule has 0 fully saturated rings. The molecule has 5 nitrogen and oxygen atoms in total. The molecule has 14 heavy (non-hydrogen) atoms. The molecule has 0 spiro atoms. The number of nitrogens with one attached hydrogen (secondary N) is 1. The van der Waals surface area contributed by atoms with Gasteiger partial charge in [0, 0.05) is 14.1 Å². The van der Waals surface area contributed by atoms with Gasteiger partial charge in [0.05, 0.1) is 0 Å². The van der Waals surface area contributed by atoms with Crippen molar-refractivity contribution in [1.29, 1.82) is 0 Å². The van der Waals surface area contributed by atoms with Crippen molar-refractivity contribution in [2.75, 3.05) is 19.0 Å². The zero-order chi connectivity index (χ0) is 10.9. The van der Waals surface area contributed by atoms with Crippen molar-refractivity contribution < 1.29 is 9.90 Å². The third-order valence-corrected chi connectivity index (χ3v) is 2.04. The third-order valence-electron chi connectivity index (χ3n) is 1.49. The molecule has 0 amide bonds. The smallest absolute Gasteiger partial charge is 0.354 e. The molecule has 76 valence electrons.